The predicted octanol–water partition coefficient (Wildman–Crippen LogP) is 7.09. The molecular weight excluding hydrogens is 448 g/mol. The molecule has 3 aromatic rings. The highest BCUT2D eigenvalue weighted by atomic mass is 16.5. The first-order chi connectivity index (χ1) is 17.7. The van der Waals surface area contributed by atoms with Crippen molar-refractivity contribution in [3.63, 3.8) is 0 Å². The van der Waals surface area contributed by atoms with Crippen LogP contribution in [-0.4, -0.2) is 23.3 Å². The normalized spacial score (nSPS) is 12.4. The molecule has 1 aliphatic carbocycles. The number of rotatable bonds is 14. The van der Waals surface area contributed by atoms with Crippen LogP contribution in [0.1, 0.15) is 101 Å². The molecule has 36 heavy (non-hydrogen) atoms. The zero-order valence-corrected chi connectivity index (χ0v) is 21.0. The zero-order chi connectivity index (χ0) is 25.2. The Bertz CT molecular complexity index is 1170. The van der Waals surface area contributed by atoms with Gasteiger partial charge in [0, 0.05) is 23.3 Å². The van der Waals surface area contributed by atoms with Crippen LogP contribution in [0.4, 0.5) is 0 Å². The fourth-order valence-corrected chi connectivity index (χ4v) is 4.96. The molecular formula is C32H36O4. The summed E-state index contributed by atoms with van der Waals surface area (Å²) in [7, 11) is 0. The van der Waals surface area contributed by atoms with Crippen molar-refractivity contribution in [3.8, 4) is 5.75 Å². The van der Waals surface area contributed by atoms with E-state index < -0.39 is 0 Å². The minimum Gasteiger partial charge on any atom is -0.488 e. The van der Waals surface area contributed by atoms with Crippen LogP contribution in [0.3, 0.4) is 0 Å². The minimum absolute atomic E-state index is 0.115. The minimum atomic E-state index is -0.133. The summed E-state index contributed by atoms with van der Waals surface area (Å²) in [5.74, 6) is 0.315. The second-order valence-electron chi connectivity index (χ2n) is 9.61. The van der Waals surface area contributed by atoms with Crippen molar-refractivity contribution in [2.75, 3.05) is 6.61 Å². The Balaban J connectivity index is 1.46. The van der Waals surface area contributed by atoms with Crippen LogP contribution in [0.15, 0.2) is 66.7 Å². The van der Waals surface area contributed by atoms with Crippen LogP contribution in [-0.2, 0) is 13.0 Å². The largest absolute Gasteiger partial charge is 0.488 e. The van der Waals surface area contributed by atoms with Gasteiger partial charge in [-0.3, -0.25) is 9.59 Å². The van der Waals surface area contributed by atoms with Gasteiger partial charge in [-0.1, -0.05) is 106 Å². The van der Waals surface area contributed by atoms with Crippen molar-refractivity contribution in [2.45, 2.75) is 70.8 Å². The SMILES string of the molecule is O=C1c2ccccc2C(=O)c2c1ccc(CCCCCCCCCCCO)c2OCc1ccccc1. The number of fused-ring (bicyclic) bond motifs is 2. The smallest absolute Gasteiger partial charge is 0.198 e. The summed E-state index contributed by atoms with van der Waals surface area (Å²) in [5, 5.41) is 8.86. The van der Waals surface area contributed by atoms with E-state index in [0.717, 1.165) is 43.2 Å². The van der Waals surface area contributed by atoms with Crippen molar-refractivity contribution < 1.29 is 19.4 Å². The third-order valence-electron chi connectivity index (χ3n) is 6.96. The lowest BCUT2D eigenvalue weighted by molar-refractivity contribution is 0.0975. The number of hydrogen-bond donors (Lipinski definition) is 1. The van der Waals surface area contributed by atoms with Crippen LogP contribution >= 0.6 is 0 Å². The van der Waals surface area contributed by atoms with E-state index in [2.05, 4.69) is 0 Å². The number of aryl methyl sites for hydroxylation is 1. The molecule has 0 radical (unpaired) electrons. The van der Waals surface area contributed by atoms with Gasteiger partial charge in [-0.25, -0.2) is 0 Å². The number of benzene rings is 3. The molecule has 4 nitrogen and oxygen atoms in total. The summed E-state index contributed by atoms with van der Waals surface area (Å²) in [5.41, 5.74) is 3.79. The molecule has 188 valence electrons. The standard InChI is InChI=1S/C32H36O4/c33-22-14-7-5-3-1-2-4-6-11-17-25-20-21-28-29(32(25)36-23-24-15-9-8-10-16-24)31(35)27-19-13-12-18-26(27)30(28)34/h8-10,12-13,15-16,18-21,33H,1-7,11,14,17,22-23H2. The summed E-state index contributed by atoms with van der Waals surface area (Å²) >= 11 is 0. The summed E-state index contributed by atoms with van der Waals surface area (Å²) in [6.45, 7) is 0.649. The van der Waals surface area contributed by atoms with Crippen LogP contribution in [0.2, 0.25) is 0 Å². The van der Waals surface area contributed by atoms with E-state index in [1.165, 1.54) is 32.1 Å². The van der Waals surface area contributed by atoms with Crippen LogP contribution < -0.4 is 4.74 Å². The lowest BCUT2D eigenvalue weighted by atomic mass is 9.82. The third-order valence-corrected chi connectivity index (χ3v) is 6.96. The topological polar surface area (TPSA) is 63.6 Å². The maximum absolute atomic E-state index is 13.5. The van der Waals surface area contributed by atoms with E-state index in [0.29, 0.717) is 41.2 Å². The molecule has 1 aliphatic rings. The van der Waals surface area contributed by atoms with E-state index in [1.807, 2.05) is 42.5 Å². The van der Waals surface area contributed by atoms with Gasteiger partial charge in [0.1, 0.15) is 12.4 Å². The Morgan fingerprint density at radius 2 is 1.17 bits per heavy atom. The molecule has 0 atom stereocenters. The second kappa shape index (κ2) is 13.2. The second-order valence-corrected chi connectivity index (χ2v) is 9.61. The molecule has 4 heteroatoms. The van der Waals surface area contributed by atoms with E-state index in [9.17, 15) is 9.59 Å². The summed E-state index contributed by atoms with van der Waals surface area (Å²) in [4.78, 5) is 26.7. The number of carbonyl (C=O) groups is 2. The molecule has 0 unspecified atom stereocenters. The maximum atomic E-state index is 13.5. The number of ether oxygens (including phenoxy) is 1. The Morgan fingerprint density at radius 3 is 1.83 bits per heavy atom. The molecule has 0 fully saturated rings. The quantitative estimate of drug-likeness (QED) is 0.194. The Kier molecular flexibility index (Phi) is 9.46. The molecule has 0 bridgehead atoms. The van der Waals surface area contributed by atoms with Crippen LogP contribution in [0.5, 0.6) is 5.75 Å². The summed E-state index contributed by atoms with van der Waals surface area (Å²) < 4.78 is 6.31. The van der Waals surface area contributed by atoms with Crippen LogP contribution in [0, 0.1) is 0 Å². The molecule has 0 heterocycles. The molecule has 0 aromatic heterocycles. The van der Waals surface area contributed by atoms with Gasteiger partial charge < -0.3 is 9.84 Å². The average molecular weight is 485 g/mol. The number of unbranched alkanes of at least 4 members (excludes halogenated alkanes) is 8. The number of ketones is 2. The van der Waals surface area contributed by atoms with Gasteiger partial charge in [0.25, 0.3) is 0 Å². The van der Waals surface area contributed by atoms with Crippen LogP contribution in [0.25, 0.3) is 0 Å². The van der Waals surface area contributed by atoms with Gasteiger partial charge in [0.2, 0.25) is 0 Å². The third kappa shape index (κ3) is 6.30. The molecule has 0 saturated heterocycles. The highest BCUT2D eigenvalue weighted by molar-refractivity contribution is 6.29. The summed E-state index contributed by atoms with van der Waals surface area (Å²) in [6.07, 6.45) is 11.1. The van der Waals surface area contributed by atoms with Gasteiger partial charge in [0.05, 0.1) is 5.56 Å². The number of carbonyl (C=O) groups excluding carboxylic acids is 2. The Labute approximate surface area is 214 Å². The Morgan fingerprint density at radius 1 is 0.583 bits per heavy atom. The van der Waals surface area contributed by atoms with E-state index in [4.69, 9.17) is 9.84 Å². The van der Waals surface area contributed by atoms with Gasteiger partial charge in [0.15, 0.2) is 11.6 Å². The first-order valence-corrected chi connectivity index (χ1v) is 13.3. The lowest BCUT2D eigenvalue weighted by Crippen LogP contribution is -2.22. The van der Waals surface area contributed by atoms with Gasteiger partial charge in [-0.05, 0) is 36.5 Å². The van der Waals surface area contributed by atoms with Crippen molar-refractivity contribution in [1.29, 1.82) is 0 Å². The fourth-order valence-electron chi connectivity index (χ4n) is 4.96. The number of aliphatic hydroxyl groups excluding tert-OH is 1. The average Bonchev–Trinajstić information content (AvgIpc) is 2.92. The molecule has 1 N–H and O–H groups in total. The fraction of sp³-hybridized carbons (Fsp3) is 0.375. The molecule has 0 spiro atoms. The lowest BCUT2D eigenvalue weighted by Gasteiger charge is -2.22. The highest BCUT2D eigenvalue weighted by Crippen LogP contribution is 2.37. The van der Waals surface area contributed by atoms with Crippen molar-refractivity contribution in [3.05, 3.63) is 100 Å². The highest BCUT2D eigenvalue weighted by Gasteiger charge is 2.33. The molecule has 0 saturated carbocycles. The molecule has 0 aliphatic heterocycles. The summed E-state index contributed by atoms with van der Waals surface area (Å²) in [6, 6.07) is 20.7. The predicted molar refractivity (Wildman–Crippen MR) is 143 cm³/mol. The monoisotopic (exact) mass is 484 g/mol. The van der Waals surface area contributed by atoms with E-state index in [1.54, 1.807) is 24.3 Å². The molecule has 0 amide bonds. The van der Waals surface area contributed by atoms with Gasteiger partial charge in [-0.15, -0.1) is 0 Å². The van der Waals surface area contributed by atoms with Crippen molar-refractivity contribution in [2.24, 2.45) is 0 Å². The van der Waals surface area contributed by atoms with Crippen molar-refractivity contribution >= 4 is 11.6 Å². The van der Waals surface area contributed by atoms with E-state index >= 15 is 0 Å². The Hall–Kier alpha value is -3.24. The zero-order valence-electron chi connectivity index (χ0n) is 21.0. The van der Waals surface area contributed by atoms with Crippen molar-refractivity contribution in [1.82, 2.24) is 0 Å². The number of hydrogen-bond acceptors (Lipinski definition) is 4. The molecule has 3 aromatic carbocycles. The number of aliphatic hydroxyl groups is 1. The molecule has 4 rings (SSSR count). The maximum Gasteiger partial charge on any atom is 0.198 e. The first-order valence-electron chi connectivity index (χ1n) is 13.3. The van der Waals surface area contributed by atoms with Gasteiger partial charge >= 0.3 is 0 Å². The van der Waals surface area contributed by atoms with E-state index in [-0.39, 0.29) is 11.6 Å². The first kappa shape index (κ1) is 25.8. The van der Waals surface area contributed by atoms with Gasteiger partial charge in [-0.2, -0.15) is 0 Å².